The molecule has 0 saturated heterocycles. The normalized spacial score (nSPS) is 14.5. The highest BCUT2D eigenvalue weighted by Gasteiger charge is 2.23. The summed E-state index contributed by atoms with van der Waals surface area (Å²) >= 11 is 11.8. The summed E-state index contributed by atoms with van der Waals surface area (Å²) in [4.78, 5) is 11.7. The van der Waals surface area contributed by atoms with Crippen molar-refractivity contribution in [3.8, 4) is 0 Å². The van der Waals surface area contributed by atoms with Crippen LogP contribution in [-0.4, -0.2) is 36.6 Å². The predicted octanol–water partition coefficient (Wildman–Crippen LogP) is 2.42. The van der Waals surface area contributed by atoms with Crippen LogP contribution >= 0.6 is 33.9 Å². The first-order valence-electron chi connectivity index (χ1n) is 5.58. The standard InChI is InChI=1S/C11H12Cl3NO4S2/c1-6(20(2)17)5-15-11(16)9-7(12)3-4-8(10(9)13)21(14,18)19/h3-4,6H,5H2,1-2H3,(H,15,16). The summed E-state index contributed by atoms with van der Waals surface area (Å²) in [7, 11) is 0.0267. The van der Waals surface area contributed by atoms with E-state index < -0.39 is 30.7 Å². The quantitative estimate of drug-likeness (QED) is 0.780. The maximum absolute atomic E-state index is 12.1. The van der Waals surface area contributed by atoms with Crippen LogP contribution in [0.4, 0.5) is 0 Å². The van der Waals surface area contributed by atoms with Crippen LogP contribution in [-0.2, 0) is 19.9 Å². The molecule has 118 valence electrons. The Hall–Kier alpha value is -0.340. The van der Waals surface area contributed by atoms with E-state index in [0.717, 1.165) is 6.07 Å². The fraction of sp³-hybridized carbons (Fsp3) is 0.364. The monoisotopic (exact) mass is 391 g/mol. The molecule has 0 bridgehead atoms. The molecule has 0 radical (unpaired) electrons. The van der Waals surface area contributed by atoms with Gasteiger partial charge in [-0.15, -0.1) is 0 Å². The van der Waals surface area contributed by atoms with Crippen LogP contribution in [0.2, 0.25) is 10.0 Å². The molecule has 0 aliphatic rings. The first kappa shape index (κ1) is 18.7. The molecule has 0 aliphatic heterocycles. The van der Waals surface area contributed by atoms with Crippen molar-refractivity contribution in [2.45, 2.75) is 17.1 Å². The van der Waals surface area contributed by atoms with Crippen LogP contribution < -0.4 is 5.32 Å². The summed E-state index contributed by atoms with van der Waals surface area (Å²) in [5.41, 5.74) is -0.186. The van der Waals surface area contributed by atoms with Crippen LogP contribution in [0.15, 0.2) is 17.0 Å². The fourth-order valence-electron chi connectivity index (χ4n) is 1.37. The molecule has 0 aromatic heterocycles. The second-order valence-corrected chi connectivity index (χ2v) is 9.31. The molecule has 1 amide bonds. The van der Waals surface area contributed by atoms with Gasteiger partial charge < -0.3 is 5.32 Å². The van der Waals surface area contributed by atoms with Crippen LogP contribution in [0, 0.1) is 0 Å². The molecule has 2 atom stereocenters. The summed E-state index contributed by atoms with van der Waals surface area (Å²) < 4.78 is 33.9. The summed E-state index contributed by atoms with van der Waals surface area (Å²) in [5.74, 6) is -0.663. The highest BCUT2D eigenvalue weighted by atomic mass is 35.7. The SMILES string of the molecule is CC(CNC(=O)c1c(Cl)ccc(S(=O)(=O)Cl)c1Cl)S(C)=O. The number of carbonyl (C=O) groups excluding carboxylic acids is 1. The smallest absolute Gasteiger partial charge is 0.262 e. The van der Waals surface area contributed by atoms with E-state index in [4.69, 9.17) is 33.9 Å². The van der Waals surface area contributed by atoms with Crippen molar-refractivity contribution in [3.63, 3.8) is 0 Å². The predicted molar refractivity (Wildman–Crippen MR) is 85.4 cm³/mol. The van der Waals surface area contributed by atoms with Gasteiger partial charge in [-0.25, -0.2) is 8.42 Å². The van der Waals surface area contributed by atoms with Gasteiger partial charge in [0.2, 0.25) is 0 Å². The Labute approximate surface area is 139 Å². The van der Waals surface area contributed by atoms with Crippen LogP contribution in [0.3, 0.4) is 0 Å². The number of halogens is 3. The Kier molecular flexibility index (Phi) is 6.49. The van der Waals surface area contributed by atoms with Gasteiger partial charge in [-0.2, -0.15) is 0 Å². The Morgan fingerprint density at radius 3 is 2.43 bits per heavy atom. The van der Waals surface area contributed by atoms with Crippen LogP contribution in [0.5, 0.6) is 0 Å². The third kappa shape index (κ3) is 4.82. The van der Waals surface area contributed by atoms with Crippen molar-refractivity contribution in [2.24, 2.45) is 0 Å². The summed E-state index contributed by atoms with van der Waals surface area (Å²) in [6, 6.07) is 2.34. The molecule has 0 fully saturated rings. The second-order valence-electron chi connectivity index (χ2n) is 4.19. The maximum Gasteiger partial charge on any atom is 0.262 e. The van der Waals surface area contributed by atoms with E-state index >= 15 is 0 Å². The highest BCUT2D eigenvalue weighted by Crippen LogP contribution is 2.32. The van der Waals surface area contributed by atoms with Crippen LogP contribution in [0.25, 0.3) is 0 Å². The van der Waals surface area contributed by atoms with Gasteiger partial charge in [-0.1, -0.05) is 23.2 Å². The molecule has 0 saturated carbocycles. The van der Waals surface area contributed by atoms with Gasteiger partial charge in [0.1, 0.15) is 4.90 Å². The lowest BCUT2D eigenvalue weighted by atomic mass is 10.2. The van der Waals surface area contributed by atoms with Gasteiger partial charge in [0.05, 0.1) is 15.6 Å². The first-order chi connectivity index (χ1) is 9.55. The summed E-state index contributed by atoms with van der Waals surface area (Å²) in [6.07, 6.45) is 1.51. The number of hydrogen-bond donors (Lipinski definition) is 1. The largest absolute Gasteiger partial charge is 0.351 e. The van der Waals surface area contributed by atoms with Gasteiger partial charge in [0.15, 0.2) is 0 Å². The van der Waals surface area contributed by atoms with Gasteiger partial charge >= 0.3 is 0 Å². The molecule has 1 aromatic carbocycles. The van der Waals surface area contributed by atoms with E-state index in [0.29, 0.717) is 0 Å². The number of amides is 1. The zero-order valence-electron chi connectivity index (χ0n) is 11.0. The molecule has 10 heteroatoms. The molecule has 0 aliphatic carbocycles. The highest BCUT2D eigenvalue weighted by molar-refractivity contribution is 8.13. The lowest BCUT2D eigenvalue weighted by Crippen LogP contribution is -2.33. The zero-order chi connectivity index (χ0) is 16.4. The van der Waals surface area contributed by atoms with Crippen molar-refractivity contribution in [1.29, 1.82) is 0 Å². The number of hydrogen-bond acceptors (Lipinski definition) is 4. The minimum absolute atomic E-state index is 0.00755. The third-order valence-electron chi connectivity index (χ3n) is 2.66. The Morgan fingerprint density at radius 2 is 1.95 bits per heavy atom. The summed E-state index contributed by atoms with van der Waals surface area (Å²) in [5, 5.41) is 1.88. The molecule has 0 heterocycles. The summed E-state index contributed by atoms with van der Waals surface area (Å²) in [6.45, 7) is 1.83. The topological polar surface area (TPSA) is 80.3 Å². The number of carbonyl (C=O) groups is 1. The van der Waals surface area contributed by atoms with Crippen molar-refractivity contribution in [2.75, 3.05) is 12.8 Å². The van der Waals surface area contributed by atoms with E-state index in [-0.39, 0.29) is 27.4 Å². The second kappa shape index (κ2) is 7.28. The molecular formula is C11H12Cl3NO4S2. The molecule has 1 rings (SSSR count). The van der Waals surface area contributed by atoms with Gasteiger partial charge in [-0.05, 0) is 19.1 Å². The van der Waals surface area contributed by atoms with Crippen molar-refractivity contribution >= 4 is 59.6 Å². The average molecular weight is 393 g/mol. The fourth-order valence-corrected chi connectivity index (χ4v) is 3.59. The first-order valence-corrected chi connectivity index (χ1v) is 10.3. The van der Waals surface area contributed by atoms with Crippen LogP contribution in [0.1, 0.15) is 17.3 Å². The Morgan fingerprint density at radius 1 is 1.38 bits per heavy atom. The molecule has 21 heavy (non-hydrogen) atoms. The molecule has 2 unspecified atom stereocenters. The molecular weight excluding hydrogens is 381 g/mol. The molecule has 5 nitrogen and oxygen atoms in total. The minimum atomic E-state index is -4.10. The van der Waals surface area contributed by atoms with Crippen molar-refractivity contribution in [3.05, 3.63) is 27.7 Å². The number of rotatable bonds is 5. The Balaban J connectivity index is 3.13. The van der Waals surface area contributed by atoms with E-state index in [1.54, 1.807) is 6.92 Å². The van der Waals surface area contributed by atoms with Gasteiger partial charge in [0.25, 0.3) is 15.0 Å². The molecule has 0 spiro atoms. The number of benzene rings is 1. The lowest BCUT2D eigenvalue weighted by Gasteiger charge is -2.13. The van der Waals surface area contributed by atoms with E-state index in [2.05, 4.69) is 5.32 Å². The van der Waals surface area contributed by atoms with Crippen molar-refractivity contribution in [1.82, 2.24) is 5.32 Å². The van der Waals surface area contributed by atoms with Gasteiger partial charge in [-0.3, -0.25) is 9.00 Å². The third-order valence-corrected chi connectivity index (χ3v) is 6.15. The van der Waals surface area contributed by atoms with Gasteiger partial charge in [0, 0.05) is 39.5 Å². The average Bonchev–Trinajstić information content (AvgIpc) is 2.33. The minimum Gasteiger partial charge on any atom is -0.351 e. The molecule has 1 aromatic rings. The zero-order valence-corrected chi connectivity index (χ0v) is 14.9. The lowest BCUT2D eigenvalue weighted by molar-refractivity contribution is 0.0954. The number of nitrogens with one attached hydrogen (secondary N) is 1. The molecule has 1 N–H and O–H groups in total. The van der Waals surface area contributed by atoms with Crippen molar-refractivity contribution < 1.29 is 17.4 Å². The van der Waals surface area contributed by atoms with E-state index in [1.165, 1.54) is 12.3 Å². The maximum atomic E-state index is 12.1. The van der Waals surface area contributed by atoms with E-state index in [9.17, 15) is 17.4 Å². The Bertz CT molecular complexity index is 691. The van der Waals surface area contributed by atoms with E-state index in [1.807, 2.05) is 0 Å².